The number of carboxylic acids is 1. The van der Waals surface area contributed by atoms with Crippen molar-refractivity contribution in [1.29, 1.82) is 0 Å². The van der Waals surface area contributed by atoms with Gasteiger partial charge in [0.2, 0.25) is 0 Å². The van der Waals surface area contributed by atoms with Crippen LogP contribution in [0.25, 0.3) is 0 Å². The number of aliphatic carboxylic acids is 1. The number of hydrogen-bond donors (Lipinski definition) is 4. The van der Waals surface area contributed by atoms with E-state index >= 15 is 0 Å². The molecule has 0 unspecified atom stereocenters. The van der Waals surface area contributed by atoms with Crippen LogP contribution in [-0.4, -0.2) is 25.8 Å². The molecule has 0 bridgehead atoms. The Labute approximate surface area is 203 Å². The molecule has 0 aromatic heterocycles. The predicted octanol–water partition coefficient (Wildman–Crippen LogP) is 2.52. The van der Waals surface area contributed by atoms with Gasteiger partial charge < -0.3 is 21.2 Å². The molecule has 0 rings (SSSR count). The van der Waals surface area contributed by atoms with E-state index in [0.29, 0.717) is 6.42 Å². The Kier molecular flexibility index (Phi) is 29.8. The fraction of sp³-hybridized carbons (Fsp3) is 0.944. The van der Waals surface area contributed by atoms with Crippen LogP contribution in [0.5, 0.6) is 0 Å². The van der Waals surface area contributed by atoms with E-state index in [1.165, 1.54) is 83.5 Å². The minimum absolute atomic E-state index is 0. The fourth-order valence-corrected chi connectivity index (χ4v) is 2.65. The van der Waals surface area contributed by atoms with E-state index in [9.17, 15) is 4.79 Å². The quantitative estimate of drug-likeness (QED) is 0.173. The molecule has 0 saturated heterocycles. The van der Waals surface area contributed by atoms with E-state index in [1.807, 2.05) is 0 Å². The molecule has 0 aliphatic carbocycles. The van der Waals surface area contributed by atoms with Crippen molar-refractivity contribution in [3.05, 3.63) is 0 Å². The summed E-state index contributed by atoms with van der Waals surface area (Å²) in [6.07, 6.45) is 20.2. The normalized spacial score (nSPS) is 10.6. The van der Waals surface area contributed by atoms with Crippen molar-refractivity contribution in [3.8, 4) is 0 Å². The van der Waals surface area contributed by atoms with Crippen molar-refractivity contribution in [1.82, 2.24) is 0 Å². The van der Waals surface area contributed by atoms with Crippen molar-refractivity contribution in [2.45, 2.75) is 110 Å². The fourth-order valence-electron chi connectivity index (χ4n) is 2.65. The molecule has 26 heavy (non-hydrogen) atoms. The molecule has 6 nitrogen and oxygen atoms in total. The summed E-state index contributed by atoms with van der Waals surface area (Å²) in [5.74, 6) is -0.653. The molecule has 0 amide bonds. The van der Waals surface area contributed by atoms with Crippen LogP contribution >= 0.6 is 7.82 Å². The van der Waals surface area contributed by atoms with E-state index in [-0.39, 0.29) is 52.8 Å². The average Bonchev–Trinajstić information content (AvgIpc) is 2.49. The Balaban J connectivity index is -0.000000333. The second-order valence-corrected chi connectivity index (χ2v) is 7.63. The molecular formula is C18H40KO6P. The van der Waals surface area contributed by atoms with Crippen molar-refractivity contribution in [2.75, 3.05) is 0 Å². The first kappa shape index (κ1) is 31.9. The van der Waals surface area contributed by atoms with Gasteiger partial charge in [-0.25, -0.2) is 4.57 Å². The smallest absolute Gasteiger partial charge is 1.00 e. The van der Waals surface area contributed by atoms with Gasteiger partial charge in [-0.05, 0) is 6.42 Å². The van der Waals surface area contributed by atoms with Crippen molar-refractivity contribution in [3.63, 3.8) is 0 Å². The van der Waals surface area contributed by atoms with Crippen LogP contribution in [0.15, 0.2) is 0 Å². The maximum atomic E-state index is 10.3. The standard InChI is InChI=1S/C18H36O2.K.H3O4P.H/c1-2-3-4-5-6-7-8-9-10-11-12-13-14-15-16-17-18(19)20;;1-5(2,3)4;/h2-17H2,1H3,(H,19,20);;(H3,1,2,3,4);/q;+1;;-1. The van der Waals surface area contributed by atoms with Gasteiger partial charge in [-0.1, -0.05) is 96.8 Å². The van der Waals surface area contributed by atoms with Crippen LogP contribution < -0.4 is 51.4 Å². The molecule has 0 radical (unpaired) electrons. The summed E-state index contributed by atoms with van der Waals surface area (Å²) in [6, 6.07) is 0. The van der Waals surface area contributed by atoms with Gasteiger partial charge in [0.05, 0.1) is 0 Å². The van der Waals surface area contributed by atoms with Gasteiger partial charge in [-0.15, -0.1) is 0 Å². The largest absolute Gasteiger partial charge is 1.00 e. The first-order valence-corrected chi connectivity index (χ1v) is 11.3. The van der Waals surface area contributed by atoms with Crippen LogP contribution in [0, 0.1) is 0 Å². The summed E-state index contributed by atoms with van der Waals surface area (Å²) >= 11 is 0. The summed E-state index contributed by atoms with van der Waals surface area (Å²) in [7, 11) is -4.64. The van der Waals surface area contributed by atoms with Crippen molar-refractivity contribution >= 4 is 13.8 Å². The molecular weight excluding hydrogens is 382 g/mol. The SMILES string of the molecule is CCCCCCCCCCCCCCCCCC(=O)O.O=P(O)(O)O.[H-].[K+]. The molecule has 0 aliphatic rings. The number of hydrogen-bond acceptors (Lipinski definition) is 2. The Morgan fingerprint density at radius 1 is 0.692 bits per heavy atom. The molecule has 0 heterocycles. The molecule has 4 N–H and O–H groups in total. The molecule has 0 aliphatic heterocycles. The Morgan fingerprint density at radius 3 is 1.15 bits per heavy atom. The molecule has 154 valence electrons. The van der Waals surface area contributed by atoms with Crippen LogP contribution in [0.4, 0.5) is 0 Å². The first-order chi connectivity index (χ1) is 11.8. The second kappa shape index (κ2) is 24.3. The summed E-state index contributed by atoms with van der Waals surface area (Å²) in [6.45, 7) is 2.27. The van der Waals surface area contributed by atoms with Crippen LogP contribution in [-0.2, 0) is 9.36 Å². The molecule has 0 atom stereocenters. The third-order valence-electron chi connectivity index (χ3n) is 3.99. The zero-order chi connectivity index (χ0) is 19.4. The van der Waals surface area contributed by atoms with Gasteiger partial charge in [-0.2, -0.15) is 0 Å². The molecule has 0 aromatic carbocycles. The third kappa shape index (κ3) is 44.6. The third-order valence-corrected chi connectivity index (χ3v) is 3.99. The Hall–Kier alpha value is 1.22. The minimum Gasteiger partial charge on any atom is -1.00 e. The van der Waals surface area contributed by atoms with E-state index in [0.717, 1.165) is 12.8 Å². The summed E-state index contributed by atoms with van der Waals surface area (Å²) in [5, 5.41) is 8.52. The van der Waals surface area contributed by atoms with Gasteiger partial charge in [0.25, 0.3) is 0 Å². The van der Waals surface area contributed by atoms with Crippen LogP contribution in [0.3, 0.4) is 0 Å². The Morgan fingerprint density at radius 2 is 0.923 bits per heavy atom. The number of unbranched alkanes of at least 4 members (excludes halogenated alkanes) is 14. The summed E-state index contributed by atoms with van der Waals surface area (Å²) < 4.78 is 8.88. The monoisotopic (exact) mass is 422 g/mol. The minimum atomic E-state index is -4.64. The predicted molar refractivity (Wildman–Crippen MR) is 103 cm³/mol. The zero-order valence-corrected chi connectivity index (χ0v) is 20.9. The zero-order valence-electron chi connectivity index (χ0n) is 17.9. The summed E-state index contributed by atoms with van der Waals surface area (Å²) in [5.41, 5.74) is 0. The van der Waals surface area contributed by atoms with E-state index < -0.39 is 13.8 Å². The van der Waals surface area contributed by atoms with E-state index in [1.54, 1.807) is 0 Å². The van der Waals surface area contributed by atoms with Gasteiger partial charge >= 0.3 is 65.2 Å². The number of rotatable bonds is 16. The van der Waals surface area contributed by atoms with Gasteiger partial charge in [0.15, 0.2) is 0 Å². The molecule has 8 heteroatoms. The first-order valence-electron chi connectivity index (χ1n) is 9.77. The number of carbonyl (C=O) groups is 1. The van der Waals surface area contributed by atoms with Gasteiger partial charge in [-0.3, -0.25) is 4.79 Å². The topological polar surface area (TPSA) is 115 Å². The molecule has 0 aromatic rings. The van der Waals surface area contributed by atoms with Crippen molar-refractivity contribution in [2.24, 2.45) is 0 Å². The van der Waals surface area contributed by atoms with Crippen molar-refractivity contribution < 1.29 is 82.0 Å². The average molecular weight is 423 g/mol. The maximum absolute atomic E-state index is 10.3. The summed E-state index contributed by atoms with van der Waals surface area (Å²) in [4.78, 5) is 31.9. The van der Waals surface area contributed by atoms with E-state index in [2.05, 4.69) is 6.92 Å². The maximum Gasteiger partial charge on any atom is 1.00 e. The molecule has 0 fully saturated rings. The van der Waals surface area contributed by atoms with Gasteiger partial charge in [0, 0.05) is 6.42 Å². The molecule has 0 saturated carbocycles. The second-order valence-electron chi connectivity index (χ2n) is 6.61. The van der Waals surface area contributed by atoms with Crippen LogP contribution in [0.1, 0.15) is 111 Å². The van der Waals surface area contributed by atoms with Crippen LogP contribution in [0.2, 0.25) is 0 Å². The number of phosphoric acid groups is 1. The number of carboxylic acid groups (broad SMARTS) is 1. The van der Waals surface area contributed by atoms with E-state index in [4.69, 9.17) is 24.4 Å². The molecule has 0 spiro atoms. The Bertz CT molecular complexity index is 334. The van der Waals surface area contributed by atoms with Gasteiger partial charge in [0.1, 0.15) is 0 Å².